The number of nitrogens with zero attached hydrogens (tertiary/aromatic N) is 1. The molecule has 0 aromatic heterocycles. The molecule has 9 nitrogen and oxygen atoms in total. The molecule has 38 heavy (non-hydrogen) atoms. The molecule has 3 amide bonds. The quantitative estimate of drug-likeness (QED) is 0.0710. The minimum absolute atomic E-state index is 0.210. The summed E-state index contributed by atoms with van der Waals surface area (Å²) in [6, 6.07) is 0. The molecule has 220 valence electrons. The molecule has 0 saturated heterocycles. The molecule has 0 aliphatic rings. The predicted molar refractivity (Wildman–Crippen MR) is 152 cm³/mol. The van der Waals surface area contributed by atoms with E-state index in [0.717, 1.165) is 19.3 Å². The lowest BCUT2D eigenvalue weighted by atomic mass is 10.0. The summed E-state index contributed by atoms with van der Waals surface area (Å²) < 4.78 is 5.58. The summed E-state index contributed by atoms with van der Waals surface area (Å²) in [5.41, 5.74) is 0. The molecule has 0 aromatic carbocycles. The van der Waals surface area contributed by atoms with E-state index in [9.17, 15) is 19.2 Å². The zero-order chi connectivity index (χ0) is 28.5. The van der Waals surface area contributed by atoms with Gasteiger partial charge in [0.1, 0.15) is 6.54 Å². The van der Waals surface area contributed by atoms with Crippen molar-refractivity contribution in [3.63, 3.8) is 0 Å². The standard InChI is InChI=1S/C29H54N4O5/c1-5-7-8-9-10-11-12-13-14-15-16-17-18-19-21-38-29(37)24-32-27(35)22-30-26(34)23-31-28(36)25-33(3,4)20-6-2/h6H,2,5,7-25H2,1,3-4H3,(H2-,30,31,32,34,35,36)/p+1. The van der Waals surface area contributed by atoms with Crippen molar-refractivity contribution in [2.45, 2.75) is 96.8 Å². The summed E-state index contributed by atoms with van der Waals surface area (Å²) in [6.07, 6.45) is 19.5. The van der Waals surface area contributed by atoms with E-state index in [4.69, 9.17) is 4.74 Å². The monoisotopic (exact) mass is 539 g/mol. The van der Waals surface area contributed by atoms with Crippen molar-refractivity contribution in [3.8, 4) is 0 Å². The highest BCUT2D eigenvalue weighted by atomic mass is 16.5. The Morgan fingerprint density at radius 3 is 1.55 bits per heavy atom. The third-order valence-corrected chi connectivity index (χ3v) is 6.28. The minimum Gasteiger partial charge on any atom is -0.464 e. The highest BCUT2D eigenvalue weighted by molar-refractivity contribution is 5.89. The molecule has 0 unspecified atom stereocenters. The van der Waals surface area contributed by atoms with Gasteiger partial charge < -0.3 is 25.2 Å². The second kappa shape index (κ2) is 23.7. The zero-order valence-electron chi connectivity index (χ0n) is 24.4. The largest absolute Gasteiger partial charge is 0.464 e. The first-order valence-electron chi connectivity index (χ1n) is 14.6. The lowest BCUT2D eigenvalue weighted by Crippen LogP contribution is -2.49. The third kappa shape index (κ3) is 23.9. The molecular formula is C29H55N4O5+. The van der Waals surface area contributed by atoms with Crippen molar-refractivity contribution in [2.75, 3.05) is 53.4 Å². The third-order valence-electron chi connectivity index (χ3n) is 6.28. The SMILES string of the molecule is C=CC[N+](C)(C)CC(=O)NCC(=O)NCC(=O)NCC(=O)OCCCCCCCCCCCCCCCC. The fraction of sp³-hybridized carbons (Fsp3) is 0.793. The molecule has 3 N–H and O–H groups in total. The van der Waals surface area contributed by atoms with Crippen molar-refractivity contribution in [1.82, 2.24) is 16.0 Å². The fourth-order valence-corrected chi connectivity index (χ4v) is 4.05. The molecule has 0 aliphatic carbocycles. The van der Waals surface area contributed by atoms with Gasteiger partial charge in [-0.15, -0.1) is 0 Å². The average Bonchev–Trinajstić information content (AvgIpc) is 2.86. The smallest absolute Gasteiger partial charge is 0.325 e. The Morgan fingerprint density at radius 2 is 1.08 bits per heavy atom. The number of esters is 1. The Kier molecular flexibility index (Phi) is 22.2. The second-order valence-corrected chi connectivity index (χ2v) is 10.7. The summed E-state index contributed by atoms with van der Waals surface area (Å²) in [5, 5.41) is 7.36. The number of hydrogen-bond donors (Lipinski definition) is 3. The Bertz CT molecular complexity index is 682. The number of carbonyl (C=O) groups excluding carboxylic acids is 4. The van der Waals surface area contributed by atoms with Gasteiger partial charge in [-0.1, -0.05) is 97.0 Å². The van der Waals surface area contributed by atoms with Crippen LogP contribution in [0.5, 0.6) is 0 Å². The van der Waals surface area contributed by atoms with Crippen molar-refractivity contribution in [2.24, 2.45) is 0 Å². The number of carbonyl (C=O) groups is 4. The minimum atomic E-state index is -0.498. The maximum absolute atomic E-state index is 11.9. The van der Waals surface area contributed by atoms with Crippen LogP contribution < -0.4 is 16.0 Å². The summed E-state index contributed by atoms with van der Waals surface area (Å²) in [4.78, 5) is 47.4. The number of ether oxygens (including phenoxy) is 1. The molecule has 0 rings (SSSR count). The molecule has 9 heteroatoms. The van der Waals surface area contributed by atoms with Crippen LogP contribution in [-0.4, -0.2) is 81.6 Å². The van der Waals surface area contributed by atoms with Crippen molar-refractivity contribution in [1.29, 1.82) is 0 Å². The number of amides is 3. The fourth-order valence-electron chi connectivity index (χ4n) is 4.05. The van der Waals surface area contributed by atoms with Crippen LogP contribution in [0.1, 0.15) is 96.8 Å². The number of unbranched alkanes of at least 4 members (excludes halogenated alkanes) is 13. The van der Waals surface area contributed by atoms with E-state index in [1.54, 1.807) is 6.08 Å². The van der Waals surface area contributed by atoms with E-state index < -0.39 is 17.8 Å². The average molecular weight is 540 g/mol. The maximum atomic E-state index is 11.9. The Hall–Kier alpha value is -2.42. The molecule has 0 radical (unpaired) electrons. The van der Waals surface area contributed by atoms with Gasteiger partial charge in [0.05, 0.1) is 40.3 Å². The molecule has 0 aromatic rings. The van der Waals surface area contributed by atoms with Crippen molar-refractivity contribution in [3.05, 3.63) is 12.7 Å². The Morgan fingerprint density at radius 1 is 0.658 bits per heavy atom. The van der Waals surface area contributed by atoms with Gasteiger partial charge in [-0.2, -0.15) is 0 Å². The number of likely N-dealkylation sites (N-methyl/N-ethyl adjacent to an activating group) is 1. The normalized spacial score (nSPS) is 11.0. The van der Waals surface area contributed by atoms with Gasteiger partial charge in [-0.3, -0.25) is 19.2 Å². The van der Waals surface area contributed by atoms with Crippen molar-refractivity contribution >= 4 is 23.7 Å². The van der Waals surface area contributed by atoms with Gasteiger partial charge in [-0.05, 0) is 12.5 Å². The maximum Gasteiger partial charge on any atom is 0.325 e. The first-order chi connectivity index (χ1) is 18.2. The summed E-state index contributed by atoms with van der Waals surface area (Å²) in [7, 11) is 3.77. The van der Waals surface area contributed by atoms with E-state index in [0.29, 0.717) is 17.6 Å². The van der Waals surface area contributed by atoms with E-state index >= 15 is 0 Å². The van der Waals surface area contributed by atoms with Crippen LogP contribution in [-0.2, 0) is 23.9 Å². The summed E-state index contributed by atoms with van der Waals surface area (Å²) in [5.74, 6) is -1.74. The van der Waals surface area contributed by atoms with Gasteiger partial charge in [0.2, 0.25) is 11.8 Å². The molecule has 0 saturated carbocycles. The molecule has 0 aliphatic heterocycles. The summed E-state index contributed by atoms with van der Waals surface area (Å²) >= 11 is 0. The highest BCUT2D eigenvalue weighted by Crippen LogP contribution is 2.12. The van der Waals surface area contributed by atoms with Gasteiger partial charge in [-0.25, -0.2) is 0 Å². The number of hydrogen-bond acceptors (Lipinski definition) is 5. The topological polar surface area (TPSA) is 114 Å². The van der Waals surface area contributed by atoms with Crippen LogP contribution in [0.2, 0.25) is 0 Å². The molecule has 0 spiro atoms. The van der Waals surface area contributed by atoms with Crippen LogP contribution in [0, 0.1) is 0 Å². The molecular weight excluding hydrogens is 484 g/mol. The number of rotatable bonds is 25. The number of quaternary nitrogens is 1. The first kappa shape index (κ1) is 35.6. The first-order valence-corrected chi connectivity index (χ1v) is 14.6. The van der Waals surface area contributed by atoms with Gasteiger partial charge >= 0.3 is 5.97 Å². The van der Waals surface area contributed by atoms with E-state index in [2.05, 4.69) is 29.5 Å². The Balaban J connectivity index is 3.59. The van der Waals surface area contributed by atoms with Crippen LogP contribution in [0.3, 0.4) is 0 Å². The lowest BCUT2D eigenvalue weighted by Gasteiger charge is -2.27. The van der Waals surface area contributed by atoms with Crippen LogP contribution >= 0.6 is 0 Å². The molecule has 0 bridgehead atoms. The molecule has 0 heterocycles. The van der Waals surface area contributed by atoms with Crippen molar-refractivity contribution < 1.29 is 28.4 Å². The van der Waals surface area contributed by atoms with Gasteiger partial charge in [0, 0.05) is 0 Å². The predicted octanol–water partition coefficient (Wildman–Crippen LogP) is 3.62. The van der Waals surface area contributed by atoms with Crippen LogP contribution in [0.4, 0.5) is 0 Å². The second-order valence-electron chi connectivity index (χ2n) is 10.7. The van der Waals surface area contributed by atoms with Crippen LogP contribution in [0.25, 0.3) is 0 Å². The van der Waals surface area contributed by atoms with E-state index in [-0.39, 0.29) is 32.1 Å². The summed E-state index contributed by atoms with van der Waals surface area (Å²) in [6.45, 7) is 6.37. The van der Waals surface area contributed by atoms with E-state index in [1.165, 1.54) is 70.6 Å². The van der Waals surface area contributed by atoms with Gasteiger partial charge in [0.15, 0.2) is 6.54 Å². The Labute approximate surface area is 231 Å². The van der Waals surface area contributed by atoms with Gasteiger partial charge in [0.25, 0.3) is 5.91 Å². The zero-order valence-corrected chi connectivity index (χ0v) is 24.4. The highest BCUT2D eigenvalue weighted by Gasteiger charge is 2.18. The molecule has 0 atom stereocenters. The number of nitrogens with one attached hydrogen (secondary N) is 3. The van der Waals surface area contributed by atoms with Crippen LogP contribution in [0.15, 0.2) is 12.7 Å². The lowest BCUT2D eigenvalue weighted by molar-refractivity contribution is -0.876. The molecule has 0 fully saturated rings. The van der Waals surface area contributed by atoms with E-state index in [1.807, 2.05) is 14.1 Å².